The van der Waals surface area contributed by atoms with E-state index in [1.54, 1.807) is 24.3 Å². The number of amides is 1. The number of halogens is 1. The molecule has 0 spiro atoms. The van der Waals surface area contributed by atoms with Gasteiger partial charge in [-0.15, -0.1) is 0 Å². The van der Waals surface area contributed by atoms with Crippen molar-refractivity contribution in [2.75, 3.05) is 24.3 Å². The van der Waals surface area contributed by atoms with Gasteiger partial charge >= 0.3 is 5.97 Å². The average Bonchev–Trinajstić information content (AvgIpc) is 2.73. The van der Waals surface area contributed by atoms with Gasteiger partial charge in [0.2, 0.25) is 0 Å². The minimum atomic E-state index is -3.74. The highest BCUT2D eigenvalue weighted by atomic mass is 79.9. The van der Waals surface area contributed by atoms with Gasteiger partial charge in [0, 0.05) is 16.2 Å². The molecule has 0 saturated heterocycles. The van der Waals surface area contributed by atoms with E-state index in [-0.39, 0.29) is 11.3 Å². The molecule has 1 unspecified atom stereocenters. The van der Waals surface area contributed by atoms with Crippen LogP contribution in [-0.4, -0.2) is 45.4 Å². The number of carbonyl (C=O) groups is 2. The minimum Gasteiger partial charge on any atom is -0.486 e. The van der Waals surface area contributed by atoms with Gasteiger partial charge in [0.15, 0.2) is 27.4 Å². The van der Waals surface area contributed by atoms with Crippen LogP contribution in [0, 0.1) is 0 Å². The smallest absolute Gasteiger partial charge is 0.307 e. The van der Waals surface area contributed by atoms with Gasteiger partial charge < -0.3 is 19.5 Å². The van der Waals surface area contributed by atoms with E-state index >= 15 is 0 Å². The zero-order valence-electron chi connectivity index (χ0n) is 16.1. The van der Waals surface area contributed by atoms with Crippen LogP contribution in [0.2, 0.25) is 0 Å². The Balaban J connectivity index is 1.52. The third kappa shape index (κ3) is 5.73. The average molecular weight is 498 g/mol. The number of ether oxygens (including phenoxy) is 3. The van der Waals surface area contributed by atoms with Crippen molar-refractivity contribution in [1.29, 1.82) is 0 Å². The van der Waals surface area contributed by atoms with Crippen molar-refractivity contribution < 1.29 is 32.2 Å². The number of esters is 1. The second-order valence-corrected chi connectivity index (χ2v) is 9.53. The lowest BCUT2D eigenvalue weighted by Crippen LogP contribution is -2.30. The molecule has 1 N–H and O–H groups in total. The van der Waals surface area contributed by atoms with Crippen molar-refractivity contribution in [3.63, 3.8) is 0 Å². The Morgan fingerprint density at radius 2 is 1.77 bits per heavy atom. The molecule has 0 radical (unpaired) electrons. The van der Waals surface area contributed by atoms with E-state index in [9.17, 15) is 18.0 Å². The molecule has 1 amide bonds. The molecule has 10 heteroatoms. The first-order valence-corrected chi connectivity index (χ1v) is 11.6. The fourth-order valence-electron chi connectivity index (χ4n) is 2.64. The number of sulfone groups is 1. The van der Waals surface area contributed by atoms with Gasteiger partial charge in [0.05, 0.1) is 17.1 Å². The van der Waals surface area contributed by atoms with Crippen LogP contribution >= 0.6 is 15.9 Å². The molecule has 8 nitrogen and oxygen atoms in total. The van der Waals surface area contributed by atoms with Crippen LogP contribution in [0.5, 0.6) is 11.5 Å². The fraction of sp³-hybridized carbons (Fsp3) is 0.300. The first-order chi connectivity index (χ1) is 14.2. The van der Waals surface area contributed by atoms with Crippen LogP contribution in [0.3, 0.4) is 0 Å². The summed E-state index contributed by atoms with van der Waals surface area (Å²) in [6.07, 6.45) is -1.45. The van der Waals surface area contributed by atoms with Crippen LogP contribution in [-0.2, 0) is 24.2 Å². The predicted molar refractivity (Wildman–Crippen MR) is 112 cm³/mol. The summed E-state index contributed by atoms with van der Waals surface area (Å²) in [5.74, 6) is -0.921. The molecule has 1 aliphatic rings. The number of hydrogen-bond acceptors (Lipinski definition) is 7. The maximum Gasteiger partial charge on any atom is 0.307 e. The molecular formula is C20H20BrNO7S. The number of rotatable bonds is 7. The summed E-state index contributed by atoms with van der Waals surface area (Å²) in [7, 11) is -3.74. The van der Waals surface area contributed by atoms with E-state index in [2.05, 4.69) is 21.2 Å². The number of anilines is 1. The number of benzene rings is 2. The monoisotopic (exact) mass is 497 g/mol. The van der Waals surface area contributed by atoms with Gasteiger partial charge in [0.25, 0.3) is 5.91 Å². The van der Waals surface area contributed by atoms with Crippen LogP contribution < -0.4 is 14.8 Å². The molecule has 160 valence electrons. The molecule has 2 aromatic rings. The van der Waals surface area contributed by atoms with E-state index < -0.39 is 33.6 Å². The van der Waals surface area contributed by atoms with Crippen LogP contribution in [0.15, 0.2) is 51.8 Å². The van der Waals surface area contributed by atoms with Crippen LogP contribution in [0.4, 0.5) is 5.69 Å². The topological polar surface area (TPSA) is 108 Å². The third-order valence-corrected chi connectivity index (χ3v) is 6.48. The Hall–Kier alpha value is -2.59. The molecule has 0 aliphatic carbocycles. The van der Waals surface area contributed by atoms with Crippen molar-refractivity contribution in [3.8, 4) is 11.5 Å². The van der Waals surface area contributed by atoms with E-state index in [0.717, 1.165) is 4.47 Å². The van der Waals surface area contributed by atoms with E-state index in [4.69, 9.17) is 14.2 Å². The van der Waals surface area contributed by atoms with Crippen molar-refractivity contribution in [1.82, 2.24) is 0 Å². The molecule has 3 rings (SSSR count). The first kappa shape index (κ1) is 22.1. The number of carbonyl (C=O) groups excluding carboxylic acids is 2. The molecular weight excluding hydrogens is 478 g/mol. The predicted octanol–water partition coefficient (Wildman–Crippen LogP) is 2.95. The van der Waals surface area contributed by atoms with Gasteiger partial charge in [-0.05, 0) is 43.3 Å². The lowest BCUT2D eigenvalue weighted by molar-refractivity contribution is -0.152. The zero-order chi connectivity index (χ0) is 21.7. The Bertz CT molecular complexity index is 1040. The second-order valence-electron chi connectivity index (χ2n) is 6.50. The highest BCUT2D eigenvalue weighted by Gasteiger charge is 2.23. The van der Waals surface area contributed by atoms with Gasteiger partial charge in [-0.1, -0.05) is 15.9 Å². The Labute approximate surface area is 182 Å². The van der Waals surface area contributed by atoms with Crippen LogP contribution in [0.25, 0.3) is 0 Å². The largest absolute Gasteiger partial charge is 0.486 e. The molecule has 1 aliphatic heterocycles. The summed E-state index contributed by atoms with van der Waals surface area (Å²) in [6, 6.07) is 11.2. The molecule has 2 aromatic carbocycles. The summed E-state index contributed by atoms with van der Waals surface area (Å²) in [4.78, 5) is 24.2. The molecule has 30 heavy (non-hydrogen) atoms. The summed E-state index contributed by atoms with van der Waals surface area (Å²) in [5.41, 5.74) is 0.548. The highest BCUT2D eigenvalue weighted by molar-refractivity contribution is 9.10. The van der Waals surface area contributed by atoms with Gasteiger partial charge in [0.1, 0.15) is 13.2 Å². The van der Waals surface area contributed by atoms with E-state index in [1.807, 2.05) is 0 Å². The van der Waals surface area contributed by atoms with Crippen molar-refractivity contribution in [3.05, 3.63) is 46.9 Å². The van der Waals surface area contributed by atoms with E-state index in [0.29, 0.717) is 30.4 Å². The summed E-state index contributed by atoms with van der Waals surface area (Å²) in [5, 5.41) is 2.62. The Morgan fingerprint density at radius 1 is 1.10 bits per heavy atom. The van der Waals surface area contributed by atoms with Crippen molar-refractivity contribution in [2.45, 2.75) is 24.3 Å². The normalized spacial score (nSPS) is 13.9. The summed E-state index contributed by atoms with van der Waals surface area (Å²) < 4.78 is 41.7. The number of nitrogens with one attached hydrogen (secondary N) is 1. The van der Waals surface area contributed by atoms with Gasteiger partial charge in [-0.2, -0.15) is 0 Å². The standard InChI is InChI=1S/C20H20BrNO7S/c1-13(20(24)22-15-4-2-14(21)3-5-15)29-19(23)8-11-30(25,26)16-6-7-17-18(12-16)28-10-9-27-17/h2-7,12-13H,8-11H2,1H3,(H,22,24). The Morgan fingerprint density at radius 3 is 2.47 bits per heavy atom. The van der Waals surface area contributed by atoms with Gasteiger partial charge in [-0.25, -0.2) is 8.42 Å². The summed E-state index contributed by atoms with van der Waals surface area (Å²) >= 11 is 3.30. The number of fused-ring (bicyclic) bond motifs is 1. The SMILES string of the molecule is CC(OC(=O)CCS(=O)(=O)c1ccc2c(c1)OCCO2)C(=O)Nc1ccc(Br)cc1. The quantitative estimate of drug-likeness (QED) is 0.585. The molecule has 0 bridgehead atoms. The first-order valence-electron chi connectivity index (χ1n) is 9.13. The molecule has 1 atom stereocenters. The van der Waals surface area contributed by atoms with Gasteiger partial charge in [-0.3, -0.25) is 9.59 Å². The lowest BCUT2D eigenvalue weighted by Gasteiger charge is -2.18. The highest BCUT2D eigenvalue weighted by Crippen LogP contribution is 2.32. The maximum atomic E-state index is 12.5. The second kappa shape index (κ2) is 9.48. The number of hydrogen-bond donors (Lipinski definition) is 1. The fourth-order valence-corrected chi connectivity index (χ4v) is 4.14. The molecule has 0 saturated carbocycles. The van der Waals surface area contributed by atoms with E-state index in [1.165, 1.54) is 25.1 Å². The summed E-state index contributed by atoms with van der Waals surface area (Å²) in [6.45, 7) is 2.16. The van der Waals surface area contributed by atoms with Crippen molar-refractivity contribution >= 4 is 43.3 Å². The van der Waals surface area contributed by atoms with Crippen LogP contribution in [0.1, 0.15) is 13.3 Å². The Kier molecular flexibility index (Phi) is 6.99. The lowest BCUT2D eigenvalue weighted by atomic mass is 10.3. The minimum absolute atomic E-state index is 0.0283. The maximum absolute atomic E-state index is 12.5. The van der Waals surface area contributed by atoms with Crippen molar-refractivity contribution in [2.24, 2.45) is 0 Å². The molecule has 0 fully saturated rings. The molecule has 1 heterocycles. The third-order valence-electron chi connectivity index (χ3n) is 4.24. The zero-order valence-corrected chi connectivity index (χ0v) is 18.5. The molecule has 0 aromatic heterocycles.